The molecule has 1 atom stereocenters. The number of amides is 3. The fourth-order valence-corrected chi connectivity index (χ4v) is 2.69. The van der Waals surface area contributed by atoms with E-state index in [1.165, 1.54) is 7.05 Å². The van der Waals surface area contributed by atoms with Crippen LogP contribution in [0, 0.1) is 0 Å². The maximum atomic E-state index is 12.3. The Labute approximate surface area is 165 Å². The van der Waals surface area contributed by atoms with Gasteiger partial charge in [0.1, 0.15) is 6.04 Å². The predicted molar refractivity (Wildman–Crippen MR) is 109 cm³/mol. The first-order valence-corrected chi connectivity index (χ1v) is 9.17. The highest BCUT2D eigenvalue weighted by atomic mass is 16.2. The molecule has 0 radical (unpaired) electrons. The molecule has 0 spiro atoms. The first kappa shape index (κ1) is 21.2. The Morgan fingerprint density at radius 3 is 2.07 bits per heavy atom. The SMILES string of the molecule is CNC(=O)C(NC(=O)CNC(=O)c1ccc(C(C)(C)C)cc1)c1ccccc1. The van der Waals surface area contributed by atoms with E-state index < -0.39 is 11.9 Å². The van der Waals surface area contributed by atoms with E-state index >= 15 is 0 Å². The standard InChI is InChI=1S/C22H27N3O3/c1-22(2,3)17-12-10-16(11-13-17)20(27)24-14-18(26)25-19(21(28)23-4)15-8-6-5-7-9-15/h5-13,19H,14H2,1-4H3,(H,23,28)(H,24,27)(H,25,26). The average molecular weight is 381 g/mol. The van der Waals surface area contributed by atoms with Crippen molar-refractivity contribution in [3.63, 3.8) is 0 Å². The molecule has 0 fully saturated rings. The summed E-state index contributed by atoms with van der Waals surface area (Å²) in [4.78, 5) is 36.7. The second-order valence-corrected chi connectivity index (χ2v) is 7.54. The fourth-order valence-electron chi connectivity index (χ4n) is 2.69. The van der Waals surface area contributed by atoms with E-state index in [1.807, 2.05) is 18.2 Å². The molecule has 3 amide bonds. The van der Waals surface area contributed by atoms with Crippen molar-refractivity contribution in [3.8, 4) is 0 Å². The lowest BCUT2D eigenvalue weighted by atomic mass is 9.87. The normalized spacial score (nSPS) is 12.0. The van der Waals surface area contributed by atoms with Crippen LogP contribution in [0.5, 0.6) is 0 Å². The number of carbonyl (C=O) groups is 3. The molecule has 3 N–H and O–H groups in total. The first-order valence-electron chi connectivity index (χ1n) is 9.17. The Morgan fingerprint density at radius 2 is 1.54 bits per heavy atom. The van der Waals surface area contributed by atoms with Gasteiger partial charge in [-0.05, 0) is 28.7 Å². The number of hydrogen-bond acceptors (Lipinski definition) is 3. The second-order valence-electron chi connectivity index (χ2n) is 7.54. The zero-order valence-corrected chi connectivity index (χ0v) is 16.7. The van der Waals surface area contributed by atoms with Crippen molar-refractivity contribution in [1.29, 1.82) is 0 Å². The lowest BCUT2D eigenvalue weighted by molar-refractivity contribution is -0.128. The van der Waals surface area contributed by atoms with E-state index in [0.717, 1.165) is 5.56 Å². The van der Waals surface area contributed by atoms with Gasteiger partial charge in [-0.2, -0.15) is 0 Å². The third-order valence-electron chi connectivity index (χ3n) is 4.37. The van der Waals surface area contributed by atoms with E-state index in [-0.39, 0.29) is 23.8 Å². The summed E-state index contributed by atoms with van der Waals surface area (Å²) < 4.78 is 0. The highest BCUT2D eigenvalue weighted by Crippen LogP contribution is 2.22. The summed E-state index contributed by atoms with van der Waals surface area (Å²) in [5, 5.41) is 7.78. The van der Waals surface area contributed by atoms with Crippen LogP contribution in [-0.2, 0) is 15.0 Å². The molecule has 2 aromatic rings. The first-order chi connectivity index (χ1) is 13.2. The highest BCUT2D eigenvalue weighted by Gasteiger charge is 2.22. The molecule has 2 aromatic carbocycles. The van der Waals surface area contributed by atoms with Crippen molar-refractivity contribution in [2.24, 2.45) is 0 Å². The molecule has 6 heteroatoms. The minimum Gasteiger partial charge on any atom is -0.357 e. The number of nitrogens with one attached hydrogen (secondary N) is 3. The molecular weight excluding hydrogens is 354 g/mol. The van der Waals surface area contributed by atoms with Crippen LogP contribution >= 0.6 is 0 Å². The molecule has 1 unspecified atom stereocenters. The van der Waals surface area contributed by atoms with Gasteiger partial charge in [0.25, 0.3) is 5.91 Å². The third kappa shape index (κ3) is 5.67. The lowest BCUT2D eigenvalue weighted by Crippen LogP contribution is -2.43. The van der Waals surface area contributed by atoms with Gasteiger partial charge >= 0.3 is 0 Å². The predicted octanol–water partition coefficient (Wildman–Crippen LogP) is 2.32. The number of carbonyl (C=O) groups excluding carboxylic acids is 3. The van der Waals surface area contributed by atoms with Crippen molar-refractivity contribution in [1.82, 2.24) is 16.0 Å². The summed E-state index contributed by atoms with van der Waals surface area (Å²) in [5.74, 6) is -1.12. The van der Waals surface area contributed by atoms with E-state index in [0.29, 0.717) is 11.1 Å². The minimum absolute atomic E-state index is 0.00118. The molecule has 2 rings (SSSR count). The van der Waals surface area contributed by atoms with Crippen molar-refractivity contribution in [2.45, 2.75) is 32.2 Å². The maximum absolute atomic E-state index is 12.3. The number of likely N-dealkylation sites (N-methyl/N-ethyl adjacent to an activating group) is 1. The van der Waals surface area contributed by atoms with E-state index in [4.69, 9.17) is 0 Å². The van der Waals surface area contributed by atoms with Gasteiger partial charge in [0.05, 0.1) is 6.54 Å². The van der Waals surface area contributed by atoms with Gasteiger partial charge in [-0.15, -0.1) is 0 Å². The van der Waals surface area contributed by atoms with Crippen molar-refractivity contribution in [2.75, 3.05) is 13.6 Å². The van der Waals surface area contributed by atoms with Crippen molar-refractivity contribution in [3.05, 3.63) is 71.3 Å². The van der Waals surface area contributed by atoms with Crippen LogP contribution in [-0.4, -0.2) is 31.3 Å². The van der Waals surface area contributed by atoms with Gasteiger partial charge in [-0.25, -0.2) is 0 Å². The maximum Gasteiger partial charge on any atom is 0.251 e. The van der Waals surface area contributed by atoms with E-state index in [2.05, 4.69) is 36.7 Å². The summed E-state index contributed by atoms with van der Waals surface area (Å²) >= 11 is 0. The van der Waals surface area contributed by atoms with Crippen LogP contribution in [0.15, 0.2) is 54.6 Å². The zero-order chi connectivity index (χ0) is 20.7. The third-order valence-corrected chi connectivity index (χ3v) is 4.37. The Kier molecular flexibility index (Phi) is 6.93. The largest absolute Gasteiger partial charge is 0.357 e. The fraction of sp³-hybridized carbons (Fsp3) is 0.318. The molecule has 0 aliphatic heterocycles. The van der Waals surface area contributed by atoms with Crippen LogP contribution in [0.25, 0.3) is 0 Å². The van der Waals surface area contributed by atoms with Gasteiger partial charge in [0.2, 0.25) is 11.8 Å². The smallest absolute Gasteiger partial charge is 0.251 e. The molecule has 0 saturated heterocycles. The van der Waals surface area contributed by atoms with Crippen LogP contribution in [0.3, 0.4) is 0 Å². The molecule has 0 aliphatic carbocycles. The minimum atomic E-state index is -0.818. The summed E-state index contributed by atoms with van der Waals surface area (Å²) in [6.07, 6.45) is 0. The Hall–Kier alpha value is -3.15. The van der Waals surface area contributed by atoms with Crippen molar-refractivity contribution < 1.29 is 14.4 Å². The van der Waals surface area contributed by atoms with Gasteiger partial charge in [-0.1, -0.05) is 63.2 Å². The Bertz CT molecular complexity index is 824. The van der Waals surface area contributed by atoms with Gasteiger partial charge in [0, 0.05) is 12.6 Å². The Morgan fingerprint density at radius 1 is 0.929 bits per heavy atom. The average Bonchev–Trinajstić information content (AvgIpc) is 2.69. The van der Waals surface area contributed by atoms with E-state index in [9.17, 15) is 14.4 Å². The van der Waals surface area contributed by atoms with Crippen LogP contribution in [0.4, 0.5) is 0 Å². The summed E-state index contributed by atoms with van der Waals surface area (Å²) in [5.41, 5.74) is 2.27. The summed E-state index contributed by atoms with van der Waals surface area (Å²) in [7, 11) is 1.51. The summed E-state index contributed by atoms with van der Waals surface area (Å²) in [6, 6.07) is 15.4. The van der Waals surface area contributed by atoms with Gasteiger partial charge in [-0.3, -0.25) is 14.4 Å². The molecule has 148 valence electrons. The van der Waals surface area contributed by atoms with Crippen molar-refractivity contribution >= 4 is 17.7 Å². The molecule has 0 saturated carbocycles. The number of rotatable bonds is 6. The molecule has 0 aromatic heterocycles. The molecule has 28 heavy (non-hydrogen) atoms. The zero-order valence-electron chi connectivity index (χ0n) is 16.7. The highest BCUT2D eigenvalue weighted by molar-refractivity contribution is 5.97. The molecule has 0 bridgehead atoms. The molecule has 0 heterocycles. The second kappa shape index (κ2) is 9.17. The topological polar surface area (TPSA) is 87.3 Å². The summed E-state index contributed by atoms with van der Waals surface area (Å²) in [6.45, 7) is 6.08. The van der Waals surface area contributed by atoms with Gasteiger partial charge < -0.3 is 16.0 Å². The van der Waals surface area contributed by atoms with Crippen LogP contribution < -0.4 is 16.0 Å². The van der Waals surface area contributed by atoms with Crippen LogP contribution in [0.2, 0.25) is 0 Å². The lowest BCUT2D eigenvalue weighted by Gasteiger charge is -2.19. The molecule has 0 aliphatic rings. The quantitative estimate of drug-likeness (QED) is 0.718. The molecular formula is C22H27N3O3. The van der Waals surface area contributed by atoms with Gasteiger partial charge in [0.15, 0.2) is 0 Å². The monoisotopic (exact) mass is 381 g/mol. The van der Waals surface area contributed by atoms with Crippen LogP contribution in [0.1, 0.15) is 48.3 Å². The Balaban J connectivity index is 1.96. The van der Waals surface area contributed by atoms with E-state index in [1.54, 1.807) is 36.4 Å². The molecule has 6 nitrogen and oxygen atoms in total. The number of hydrogen-bond donors (Lipinski definition) is 3. The number of benzene rings is 2.